The minimum Gasteiger partial charge on any atom is -0.450 e. The maximum atomic E-state index is 15.6. The molecule has 2 aliphatic rings. The van der Waals surface area contributed by atoms with Crippen molar-refractivity contribution in [3.05, 3.63) is 64.0 Å². The lowest BCUT2D eigenvalue weighted by molar-refractivity contribution is -0.0486. The molecule has 12 heteroatoms. The van der Waals surface area contributed by atoms with Crippen LogP contribution in [-0.4, -0.2) is 51.4 Å². The zero-order valence-corrected chi connectivity index (χ0v) is 22.2. The molecule has 0 radical (unpaired) electrons. The van der Waals surface area contributed by atoms with Crippen LogP contribution >= 0.6 is 0 Å². The van der Waals surface area contributed by atoms with Gasteiger partial charge in [-0.2, -0.15) is 5.26 Å². The Morgan fingerprint density at radius 2 is 1.85 bits per heavy atom. The van der Waals surface area contributed by atoms with Gasteiger partial charge in [-0.3, -0.25) is 9.36 Å². The monoisotopic (exact) mass is 556 g/mol. The minimum atomic E-state index is -1.11. The molecule has 0 N–H and O–H groups in total. The van der Waals surface area contributed by atoms with Gasteiger partial charge in [0.25, 0.3) is 5.56 Å². The summed E-state index contributed by atoms with van der Waals surface area (Å²) in [5, 5.41) is 8.81. The molecule has 1 unspecified atom stereocenters. The third-order valence-corrected chi connectivity index (χ3v) is 7.15. The Bertz CT molecular complexity index is 1590. The van der Waals surface area contributed by atoms with E-state index in [1.165, 1.54) is 23.0 Å². The number of rotatable bonds is 3. The zero-order chi connectivity index (χ0) is 28.8. The number of ether oxygens (including phenoxy) is 3. The predicted molar refractivity (Wildman–Crippen MR) is 136 cm³/mol. The molecule has 1 amide bonds. The van der Waals surface area contributed by atoms with Crippen molar-refractivity contribution < 1.29 is 32.2 Å². The van der Waals surface area contributed by atoms with E-state index in [1.807, 2.05) is 0 Å². The highest BCUT2D eigenvalue weighted by Gasteiger charge is 2.45. The van der Waals surface area contributed by atoms with Crippen LogP contribution in [0.1, 0.15) is 51.6 Å². The first-order valence-corrected chi connectivity index (χ1v) is 12.8. The van der Waals surface area contributed by atoms with Gasteiger partial charge in [0.2, 0.25) is 0 Å². The van der Waals surface area contributed by atoms with E-state index in [-0.39, 0.29) is 18.2 Å². The number of hydrogen-bond acceptors (Lipinski definition) is 7. The van der Waals surface area contributed by atoms with Gasteiger partial charge in [-0.25, -0.2) is 22.9 Å². The molecule has 1 spiro atoms. The zero-order valence-electron chi connectivity index (χ0n) is 22.2. The number of nitrogens with zero attached hydrogens (tertiary/aromatic N) is 4. The SMILES string of the molecule is CC(C)(C)OC(=O)N1CCC2(CC1)CC(n1cnc3ccc(Oc4c(F)ccc(F)c4C#N)c(F)c3c1=O)CO2. The van der Waals surface area contributed by atoms with Gasteiger partial charge in [-0.1, -0.05) is 0 Å². The number of amides is 1. The Morgan fingerprint density at radius 1 is 1.15 bits per heavy atom. The van der Waals surface area contributed by atoms with E-state index >= 15 is 4.39 Å². The number of fused-ring (bicyclic) bond motifs is 1. The molecule has 2 aromatic carbocycles. The average molecular weight is 557 g/mol. The van der Waals surface area contributed by atoms with Gasteiger partial charge in [0.1, 0.15) is 28.4 Å². The molecule has 1 atom stereocenters. The second kappa shape index (κ2) is 10.1. The first-order chi connectivity index (χ1) is 18.9. The average Bonchev–Trinajstić information content (AvgIpc) is 3.30. The van der Waals surface area contributed by atoms with Gasteiger partial charge in [0.05, 0.1) is 30.1 Å². The molecular formula is C28H27F3N4O5. The quantitative estimate of drug-likeness (QED) is 0.436. The number of piperidine rings is 1. The molecule has 1 aromatic heterocycles. The number of halogens is 3. The summed E-state index contributed by atoms with van der Waals surface area (Å²) < 4.78 is 62.0. The highest BCUT2D eigenvalue weighted by Crippen LogP contribution is 2.41. The highest BCUT2D eigenvalue weighted by molar-refractivity contribution is 5.80. The van der Waals surface area contributed by atoms with Gasteiger partial charge in [-0.15, -0.1) is 0 Å². The van der Waals surface area contributed by atoms with E-state index in [9.17, 15) is 23.6 Å². The van der Waals surface area contributed by atoms with E-state index in [4.69, 9.17) is 14.2 Å². The summed E-state index contributed by atoms with van der Waals surface area (Å²) >= 11 is 0. The summed E-state index contributed by atoms with van der Waals surface area (Å²) in [7, 11) is 0. The number of benzene rings is 2. The van der Waals surface area contributed by atoms with Crippen molar-refractivity contribution in [1.29, 1.82) is 5.26 Å². The van der Waals surface area contributed by atoms with Crippen LogP contribution in [0.2, 0.25) is 0 Å². The standard InChI is InChI=1S/C28H27F3N4O5/c1-27(2,3)40-26(37)34-10-8-28(9-11-34)12-16(14-38-28)35-15-33-20-6-7-21(23(31)22(20)25(35)36)39-24-17(13-32)18(29)4-5-19(24)30/h4-7,15-16H,8-12,14H2,1-3H3. The molecule has 5 rings (SSSR count). The lowest BCUT2D eigenvalue weighted by Gasteiger charge is -2.39. The highest BCUT2D eigenvalue weighted by atomic mass is 19.1. The minimum absolute atomic E-state index is 0.0469. The van der Waals surface area contributed by atoms with Crippen LogP contribution in [0.4, 0.5) is 18.0 Å². The number of hydrogen-bond donors (Lipinski definition) is 0. The maximum Gasteiger partial charge on any atom is 0.410 e. The molecule has 2 saturated heterocycles. The van der Waals surface area contributed by atoms with Crippen LogP contribution in [0.3, 0.4) is 0 Å². The molecule has 0 aliphatic carbocycles. The van der Waals surface area contributed by atoms with E-state index in [0.29, 0.717) is 32.4 Å². The lowest BCUT2D eigenvalue weighted by Crippen LogP contribution is -2.48. The van der Waals surface area contributed by atoms with Crippen LogP contribution in [0, 0.1) is 28.8 Å². The summed E-state index contributed by atoms with van der Waals surface area (Å²) in [6, 6.07) is 5.04. The Hall–Kier alpha value is -4.11. The Labute approximate surface area is 227 Å². The summed E-state index contributed by atoms with van der Waals surface area (Å²) in [5.74, 6) is -4.55. The van der Waals surface area contributed by atoms with Crippen molar-refractivity contribution in [3.8, 4) is 17.6 Å². The first-order valence-electron chi connectivity index (χ1n) is 12.8. The number of carbonyl (C=O) groups excluding carboxylic acids is 1. The molecular weight excluding hydrogens is 529 g/mol. The van der Waals surface area contributed by atoms with Gasteiger partial charge < -0.3 is 19.1 Å². The van der Waals surface area contributed by atoms with Crippen molar-refractivity contribution in [1.82, 2.24) is 14.5 Å². The van der Waals surface area contributed by atoms with E-state index in [0.717, 1.165) is 18.2 Å². The number of aromatic nitrogens is 2. The fourth-order valence-corrected chi connectivity index (χ4v) is 5.12. The third kappa shape index (κ3) is 5.09. The first kappa shape index (κ1) is 27.5. The Morgan fingerprint density at radius 3 is 2.52 bits per heavy atom. The van der Waals surface area contributed by atoms with Crippen molar-refractivity contribution in [2.24, 2.45) is 0 Å². The molecule has 2 aliphatic heterocycles. The van der Waals surface area contributed by atoms with Crippen LogP contribution in [0.15, 0.2) is 35.4 Å². The number of nitriles is 1. The van der Waals surface area contributed by atoms with Crippen LogP contribution < -0.4 is 10.3 Å². The smallest absolute Gasteiger partial charge is 0.410 e. The van der Waals surface area contributed by atoms with Gasteiger partial charge in [0, 0.05) is 13.1 Å². The second-order valence-electron chi connectivity index (χ2n) is 11.0. The number of likely N-dealkylation sites (tertiary alicyclic amines) is 1. The molecule has 210 valence electrons. The maximum absolute atomic E-state index is 15.6. The van der Waals surface area contributed by atoms with Gasteiger partial charge in [-0.05, 0) is 64.3 Å². The van der Waals surface area contributed by atoms with Gasteiger partial charge in [0.15, 0.2) is 23.1 Å². The fraction of sp³-hybridized carbons (Fsp3) is 0.429. The number of carbonyl (C=O) groups is 1. The predicted octanol–water partition coefficient (Wildman–Crippen LogP) is 5.21. The third-order valence-electron chi connectivity index (χ3n) is 7.15. The van der Waals surface area contributed by atoms with E-state index in [2.05, 4.69) is 4.98 Å². The topological polar surface area (TPSA) is 107 Å². The summed E-state index contributed by atoms with van der Waals surface area (Å²) in [6.07, 6.45) is 2.49. The van der Waals surface area contributed by atoms with E-state index < -0.39 is 62.7 Å². The molecule has 40 heavy (non-hydrogen) atoms. The lowest BCUT2D eigenvalue weighted by atomic mass is 9.87. The van der Waals surface area contributed by atoms with Gasteiger partial charge >= 0.3 is 6.09 Å². The van der Waals surface area contributed by atoms with Crippen LogP contribution in [0.5, 0.6) is 11.5 Å². The second-order valence-corrected chi connectivity index (χ2v) is 11.0. The van der Waals surface area contributed by atoms with Crippen molar-refractivity contribution in [3.63, 3.8) is 0 Å². The molecule has 0 bridgehead atoms. The largest absolute Gasteiger partial charge is 0.450 e. The van der Waals surface area contributed by atoms with Crippen molar-refractivity contribution >= 4 is 17.0 Å². The summed E-state index contributed by atoms with van der Waals surface area (Å²) in [6.45, 7) is 6.47. The summed E-state index contributed by atoms with van der Waals surface area (Å²) in [5.41, 5.74) is -2.52. The molecule has 0 saturated carbocycles. The molecule has 3 heterocycles. The molecule has 9 nitrogen and oxygen atoms in total. The van der Waals surface area contributed by atoms with Crippen LogP contribution in [-0.2, 0) is 9.47 Å². The Kier molecular flexibility index (Phi) is 6.95. The molecule has 2 fully saturated rings. The fourth-order valence-electron chi connectivity index (χ4n) is 5.12. The van der Waals surface area contributed by atoms with E-state index in [1.54, 1.807) is 25.7 Å². The Balaban J connectivity index is 1.38. The van der Waals surface area contributed by atoms with Crippen LogP contribution in [0.25, 0.3) is 10.9 Å². The normalized spacial score (nSPS) is 18.6. The van der Waals surface area contributed by atoms with Crippen molar-refractivity contribution in [2.45, 2.75) is 57.3 Å². The molecule has 3 aromatic rings. The summed E-state index contributed by atoms with van der Waals surface area (Å²) in [4.78, 5) is 31.7. The van der Waals surface area contributed by atoms with Crippen molar-refractivity contribution in [2.75, 3.05) is 19.7 Å².